The van der Waals surface area contributed by atoms with E-state index in [-0.39, 0.29) is 31.2 Å². The van der Waals surface area contributed by atoms with Crippen molar-refractivity contribution in [3.8, 4) is 5.75 Å². The average Bonchev–Trinajstić information content (AvgIpc) is 3.30. The molecule has 0 saturated heterocycles. The van der Waals surface area contributed by atoms with Crippen molar-refractivity contribution in [2.45, 2.75) is 65.2 Å². The van der Waals surface area contributed by atoms with E-state index in [2.05, 4.69) is 37.4 Å². The topological polar surface area (TPSA) is 62.2 Å². The third kappa shape index (κ3) is 7.28. The summed E-state index contributed by atoms with van der Waals surface area (Å²) >= 11 is 1.75. The standard InChI is InChI=1S/C27H40N2O4S/c1-6-28(15-22(30)17-32-20(4)5)16-27(31)29-13-11-26-24(12-14-34-26)25(29)18-33-23-9-7-21(8-10-23)19(2)3/h7-10,12,14,19-20,22,25,30H,6,11,13,15-18H2,1-5H3/t22-,25+/m1/s1. The second-order valence-corrected chi connectivity index (χ2v) is 10.6. The van der Waals surface area contributed by atoms with Gasteiger partial charge in [-0.05, 0) is 67.4 Å². The summed E-state index contributed by atoms with van der Waals surface area (Å²) in [5.41, 5.74) is 2.47. The van der Waals surface area contributed by atoms with Crippen LogP contribution in [0.4, 0.5) is 0 Å². The van der Waals surface area contributed by atoms with Crippen LogP contribution in [0.5, 0.6) is 5.75 Å². The number of hydrogen-bond donors (Lipinski definition) is 1. The molecule has 2 atom stereocenters. The van der Waals surface area contributed by atoms with E-state index in [9.17, 15) is 9.90 Å². The summed E-state index contributed by atoms with van der Waals surface area (Å²) in [5.74, 6) is 1.37. The van der Waals surface area contributed by atoms with Crippen LogP contribution in [0.3, 0.4) is 0 Å². The number of likely N-dealkylation sites (N-methyl/N-ethyl adjacent to an activating group) is 1. The molecule has 0 aliphatic carbocycles. The summed E-state index contributed by atoms with van der Waals surface area (Å²) in [7, 11) is 0. The summed E-state index contributed by atoms with van der Waals surface area (Å²) in [5, 5.41) is 12.4. The molecule has 188 valence electrons. The first-order chi connectivity index (χ1) is 16.3. The van der Waals surface area contributed by atoms with Crippen LogP contribution in [0.1, 0.15) is 62.6 Å². The van der Waals surface area contributed by atoms with Crippen LogP contribution in [0.15, 0.2) is 35.7 Å². The number of fused-ring (bicyclic) bond motifs is 1. The van der Waals surface area contributed by atoms with Gasteiger partial charge in [-0.2, -0.15) is 0 Å². The Morgan fingerprint density at radius 2 is 1.94 bits per heavy atom. The van der Waals surface area contributed by atoms with E-state index in [1.165, 1.54) is 16.0 Å². The number of amides is 1. The van der Waals surface area contributed by atoms with Gasteiger partial charge in [0.25, 0.3) is 0 Å². The second kappa shape index (κ2) is 12.7. The van der Waals surface area contributed by atoms with E-state index in [1.54, 1.807) is 11.3 Å². The predicted molar refractivity (Wildman–Crippen MR) is 138 cm³/mol. The third-order valence-corrected chi connectivity index (χ3v) is 7.26. The maximum absolute atomic E-state index is 13.4. The van der Waals surface area contributed by atoms with Crippen molar-refractivity contribution >= 4 is 17.2 Å². The van der Waals surface area contributed by atoms with Crippen LogP contribution < -0.4 is 4.74 Å². The predicted octanol–water partition coefficient (Wildman–Crippen LogP) is 4.48. The van der Waals surface area contributed by atoms with E-state index < -0.39 is 6.10 Å². The Labute approximate surface area is 208 Å². The molecule has 7 heteroatoms. The van der Waals surface area contributed by atoms with Gasteiger partial charge >= 0.3 is 0 Å². The summed E-state index contributed by atoms with van der Waals surface area (Å²) < 4.78 is 11.7. The molecule has 34 heavy (non-hydrogen) atoms. The maximum atomic E-state index is 13.4. The van der Waals surface area contributed by atoms with Crippen molar-refractivity contribution < 1.29 is 19.4 Å². The molecule has 3 rings (SSSR count). The Morgan fingerprint density at radius 3 is 2.59 bits per heavy atom. The lowest BCUT2D eigenvalue weighted by molar-refractivity contribution is -0.136. The molecule has 1 amide bonds. The summed E-state index contributed by atoms with van der Waals surface area (Å²) in [4.78, 5) is 18.7. The first-order valence-corrected chi connectivity index (χ1v) is 13.3. The highest BCUT2D eigenvalue weighted by molar-refractivity contribution is 7.10. The molecule has 1 aromatic carbocycles. The van der Waals surface area contributed by atoms with E-state index in [4.69, 9.17) is 9.47 Å². The van der Waals surface area contributed by atoms with Gasteiger partial charge in [-0.3, -0.25) is 9.69 Å². The van der Waals surface area contributed by atoms with E-state index in [1.807, 2.05) is 42.7 Å². The molecular formula is C27H40N2O4S. The molecule has 1 aromatic heterocycles. The molecule has 0 bridgehead atoms. The lowest BCUT2D eigenvalue weighted by atomic mass is 10.00. The van der Waals surface area contributed by atoms with Crippen molar-refractivity contribution in [3.05, 3.63) is 51.7 Å². The van der Waals surface area contributed by atoms with Crippen LogP contribution in [-0.4, -0.2) is 72.4 Å². The lowest BCUT2D eigenvalue weighted by Gasteiger charge is -2.37. The molecule has 1 aliphatic heterocycles. The fourth-order valence-corrected chi connectivity index (χ4v) is 5.17. The number of rotatable bonds is 12. The lowest BCUT2D eigenvalue weighted by Crippen LogP contribution is -2.48. The summed E-state index contributed by atoms with van der Waals surface area (Å²) in [6, 6.07) is 10.2. The minimum Gasteiger partial charge on any atom is -0.491 e. The van der Waals surface area contributed by atoms with Gasteiger partial charge in [-0.25, -0.2) is 0 Å². The van der Waals surface area contributed by atoms with Gasteiger partial charge in [0.15, 0.2) is 0 Å². The van der Waals surface area contributed by atoms with Crippen LogP contribution in [0, 0.1) is 0 Å². The van der Waals surface area contributed by atoms with E-state index in [0.717, 1.165) is 12.2 Å². The number of nitrogens with zero attached hydrogens (tertiary/aromatic N) is 2. The van der Waals surface area contributed by atoms with Crippen molar-refractivity contribution in [3.63, 3.8) is 0 Å². The van der Waals surface area contributed by atoms with E-state index >= 15 is 0 Å². The van der Waals surface area contributed by atoms with Crippen molar-refractivity contribution in [2.75, 3.05) is 39.4 Å². The number of thiophene rings is 1. The van der Waals surface area contributed by atoms with Crippen molar-refractivity contribution in [2.24, 2.45) is 0 Å². The summed E-state index contributed by atoms with van der Waals surface area (Å²) in [6.45, 7) is 13.0. The minimum absolute atomic E-state index is 0.0689. The smallest absolute Gasteiger partial charge is 0.237 e. The molecule has 1 aliphatic rings. The number of aliphatic hydroxyl groups excluding tert-OH is 1. The Hall–Kier alpha value is -1.93. The van der Waals surface area contributed by atoms with Gasteiger partial charge in [-0.15, -0.1) is 11.3 Å². The molecular weight excluding hydrogens is 448 g/mol. The number of ether oxygens (including phenoxy) is 2. The Bertz CT molecular complexity index is 896. The third-order valence-electron chi connectivity index (χ3n) is 6.27. The summed E-state index contributed by atoms with van der Waals surface area (Å²) in [6.07, 6.45) is 0.324. The zero-order valence-electron chi connectivity index (χ0n) is 21.2. The largest absolute Gasteiger partial charge is 0.491 e. The molecule has 0 fully saturated rings. The Morgan fingerprint density at radius 1 is 1.21 bits per heavy atom. The molecule has 1 N–H and O–H groups in total. The number of carbonyl (C=O) groups excluding carboxylic acids is 1. The highest BCUT2D eigenvalue weighted by Crippen LogP contribution is 2.34. The average molecular weight is 489 g/mol. The van der Waals surface area contributed by atoms with Gasteiger partial charge in [0.1, 0.15) is 12.4 Å². The SMILES string of the molecule is CCN(CC(=O)N1CCc2sccc2[C@@H]1COc1ccc(C(C)C)cc1)C[C@@H](O)COC(C)C. The Balaban J connectivity index is 1.65. The number of hydrogen-bond acceptors (Lipinski definition) is 6. The quantitative estimate of drug-likeness (QED) is 0.477. The fourth-order valence-electron chi connectivity index (χ4n) is 4.24. The molecule has 0 saturated carbocycles. The van der Waals surface area contributed by atoms with E-state index in [0.29, 0.717) is 32.2 Å². The zero-order chi connectivity index (χ0) is 24.7. The van der Waals surface area contributed by atoms with Gasteiger partial charge in [0, 0.05) is 18.0 Å². The first-order valence-electron chi connectivity index (χ1n) is 12.4. The fraction of sp³-hybridized carbons (Fsp3) is 0.593. The van der Waals surface area contributed by atoms with Gasteiger partial charge in [-0.1, -0.05) is 32.9 Å². The normalized spacial score (nSPS) is 16.9. The minimum atomic E-state index is -0.618. The highest BCUT2D eigenvalue weighted by atomic mass is 32.1. The maximum Gasteiger partial charge on any atom is 0.237 e. The van der Waals surface area contributed by atoms with Crippen LogP contribution >= 0.6 is 11.3 Å². The van der Waals surface area contributed by atoms with Crippen LogP contribution in [0.2, 0.25) is 0 Å². The molecule has 2 aromatic rings. The highest BCUT2D eigenvalue weighted by Gasteiger charge is 2.33. The number of benzene rings is 1. The molecule has 0 spiro atoms. The van der Waals surface area contributed by atoms with Crippen molar-refractivity contribution in [1.29, 1.82) is 0 Å². The monoisotopic (exact) mass is 488 g/mol. The zero-order valence-corrected chi connectivity index (χ0v) is 22.0. The van der Waals surface area contributed by atoms with Gasteiger partial charge in [0.2, 0.25) is 5.91 Å². The molecule has 0 unspecified atom stereocenters. The number of carbonyl (C=O) groups is 1. The Kier molecular flexibility index (Phi) is 9.95. The van der Waals surface area contributed by atoms with Crippen molar-refractivity contribution in [1.82, 2.24) is 9.80 Å². The molecule has 0 radical (unpaired) electrons. The van der Waals surface area contributed by atoms with Crippen LogP contribution in [-0.2, 0) is 16.0 Å². The van der Waals surface area contributed by atoms with Crippen LogP contribution in [0.25, 0.3) is 0 Å². The second-order valence-electron chi connectivity index (χ2n) is 9.55. The molecule has 6 nitrogen and oxygen atoms in total. The number of aliphatic hydroxyl groups is 1. The molecule has 2 heterocycles. The first kappa shape index (κ1) is 26.7. The van der Waals surface area contributed by atoms with Gasteiger partial charge < -0.3 is 19.5 Å². The van der Waals surface area contributed by atoms with Gasteiger partial charge in [0.05, 0.1) is 31.4 Å².